The average molecular weight is 348 g/mol. The Bertz CT molecular complexity index is 878. The van der Waals surface area contributed by atoms with Crippen LogP contribution in [0.4, 0.5) is 0 Å². The third-order valence-electron chi connectivity index (χ3n) is 5.63. The van der Waals surface area contributed by atoms with Gasteiger partial charge in [0.15, 0.2) is 0 Å². The Morgan fingerprint density at radius 3 is 2.77 bits per heavy atom. The number of aryl methyl sites for hydroxylation is 2. The standard InChI is InChI=1S/C21H24N4O/c22-13-16-7-9-17(10-8-16)14-24-11-3-5-19(24)15-25-21(26)12-18-4-1-2-6-20(18)23-25/h7-10,12,19H,1-6,11,14-15H2. The molecule has 0 radical (unpaired) electrons. The number of nitriles is 1. The van der Waals surface area contributed by atoms with Crippen LogP contribution in [0.3, 0.4) is 0 Å². The minimum Gasteiger partial charge on any atom is -0.294 e. The highest BCUT2D eigenvalue weighted by Crippen LogP contribution is 2.22. The van der Waals surface area contributed by atoms with E-state index in [0.29, 0.717) is 18.2 Å². The molecule has 1 aliphatic carbocycles. The molecule has 1 aromatic heterocycles. The van der Waals surface area contributed by atoms with Crippen molar-refractivity contribution in [3.05, 3.63) is 63.1 Å². The third kappa shape index (κ3) is 3.56. The summed E-state index contributed by atoms with van der Waals surface area (Å²) in [6, 6.07) is 12.1. The highest BCUT2D eigenvalue weighted by molar-refractivity contribution is 5.31. The lowest BCUT2D eigenvalue weighted by atomic mass is 9.97. The Balaban J connectivity index is 1.48. The first-order valence-corrected chi connectivity index (χ1v) is 9.56. The first-order valence-electron chi connectivity index (χ1n) is 9.56. The van der Waals surface area contributed by atoms with E-state index in [9.17, 15) is 4.79 Å². The SMILES string of the molecule is N#Cc1ccc(CN2CCCC2Cn2nc3c(cc2=O)CCCC3)cc1. The number of likely N-dealkylation sites (tertiary alicyclic amines) is 1. The molecule has 0 spiro atoms. The molecular formula is C21H24N4O. The lowest BCUT2D eigenvalue weighted by Crippen LogP contribution is -2.37. The Morgan fingerprint density at radius 1 is 1.15 bits per heavy atom. The molecule has 0 saturated carbocycles. The first-order chi connectivity index (χ1) is 12.7. The Kier molecular flexibility index (Phi) is 4.85. The first kappa shape index (κ1) is 17.0. The second-order valence-corrected chi connectivity index (χ2v) is 7.42. The van der Waals surface area contributed by atoms with Crippen LogP contribution in [0.5, 0.6) is 0 Å². The van der Waals surface area contributed by atoms with Crippen LogP contribution in [0.15, 0.2) is 35.1 Å². The smallest absolute Gasteiger partial charge is 0.267 e. The molecule has 1 unspecified atom stereocenters. The van der Waals surface area contributed by atoms with E-state index >= 15 is 0 Å². The van der Waals surface area contributed by atoms with E-state index in [1.165, 1.54) is 18.4 Å². The van der Waals surface area contributed by atoms with Gasteiger partial charge in [0, 0.05) is 18.7 Å². The van der Waals surface area contributed by atoms with E-state index in [1.807, 2.05) is 24.3 Å². The summed E-state index contributed by atoms with van der Waals surface area (Å²) in [6.45, 7) is 2.57. The van der Waals surface area contributed by atoms with E-state index in [1.54, 1.807) is 10.7 Å². The number of hydrogen-bond donors (Lipinski definition) is 0. The van der Waals surface area contributed by atoms with Gasteiger partial charge in [0.2, 0.25) is 0 Å². The number of hydrogen-bond acceptors (Lipinski definition) is 4. The van der Waals surface area contributed by atoms with Crippen molar-refractivity contribution in [3.63, 3.8) is 0 Å². The zero-order chi connectivity index (χ0) is 17.9. The highest BCUT2D eigenvalue weighted by atomic mass is 16.1. The topological polar surface area (TPSA) is 61.9 Å². The maximum absolute atomic E-state index is 12.5. The van der Waals surface area contributed by atoms with Crippen LogP contribution >= 0.6 is 0 Å². The van der Waals surface area contributed by atoms with Crippen LogP contribution < -0.4 is 5.56 Å². The number of rotatable bonds is 4. The van der Waals surface area contributed by atoms with Crippen molar-refractivity contribution in [3.8, 4) is 6.07 Å². The maximum Gasteiger partial charge on any atom is 0.267 e. The fourth-order valence-corrected chi connectivity index (χ4v) is 4.16. The van der Waals surface area contributed by atoms with Crippen molar-refractivity contribution < 1.29 is 0 Å². The van der Waals surface area contributed by atoms with Gasteiger partial charge in [-0.25, -0.2) is 4.68 Å². The van der Waals surface area contributed by atoms with Crippen molar-refractivity contribution in [2.24, 2.45) is 0 Å². The second kappa shape index (κ2) is 7.43. The van der Waals surface area contributed by atoms with Crippen molar-refractivity contribution >= 4 is 0 Å². The average Bonchev–Trinajstić information content (AvgIpc) is 3.09. The molecule has 0 amide bonds. The molecule has 1 fully saturated rings. The van der Waals surface area contributed by atoms with Gasteiger partial charge in [0.05, 0.1) is 23.9 Å². The Labute approximate surface area is 153 Å². The lowest BCUT2D eigenvalue weighted by Gasteiger charge is -2.25. The number of aromatic nitrogens is 2. The normalized spacial score (nSPS) is 19.9. The molecule has 5 heteroatoms. The maximum atomic E-state index is 12.5. The monoisotopic (exact) mass is 348 g/mol. The van der Waals surface area contributed by atoms with Crippen LogP contribution in [0, 0.1) is 11.3 Å². The molecule has 5 nitrogen and oxygen atoms in total. The summed E-state index contributed by atoms with van der Waals surface area (Å²) in [6.07, 6.45) is 6.58. The minimum absolute atomic E-state index is 0.0378. The number of nitrogens with zero attached hydrogens (tertiary/aromatic N) is 4. The summed E-state index contributed by atoms with van der Waals surface area (Å²) in [5.74, 6) is 0. The third-order valence-corrected chi connectivity index (χ3v) is 5.63. The van der Waals surface area contributed by atoms with Gasteiger partial charge in [-0.3, -0.25) is 9.69 Å². The molecule has 0 N–H and O–H groups in total. The minimum atomic E-state index is 0.0378. The summed E-state index contributed by atoms with van der Waals surface area (Å²) < 4.78 is 1.69. The van der Waals surface area contributed by atoms with E-state index in [2.05, 4.69) is 16.1 Å². The molecule has 2 aromatic rings. The zero-order valence-electron chi connectivity index (χ0n) is 15.0. The van der Waals surface area contributed by atoms with Crippen molar-refractivity contribution in [1.82, 2.24) is 14.7 Å². The molecule has 1 aromatic carbocycles. The fraction of sp³-hybridized carbons (Fsp3) is 0.476. The summed E-state index contributed by atoms with van der Waals surface area (Å²) in [5, 5.41) is 13.6. The van der Waals surface area contributed by atoms with Gasteiger partial charge in [-0.2, -0.15) is 10.4 Å². The van der Waals surface area contributed by atoms with Gasteiger partial charge in [0.25, 0.3) is 5.56 Å². The van der Waals surface area contributed by atoms with Gasteiger partial charge >= 0.3 is 0 Å². The lowest BCUT2D eigenvalue weighted by molar-refractivity contribution is 0.216. The van der Waals surface area contributed by atoms with Gasteiger partial charge < -0.3 is 0 Å². The summed E-state index contributed by atoms with van der Waals surface area (Å²) in [5.41, 5.74) is 4.21. The van der Waals surface area contributed by atoms with Crippen LogP contribution in [-0.2, 0) is 25.9 Å². The molecule has 134 valence electrons. The van der Waals surface area contributed by atoms with E-state index < -0.39 is 0 Å². The fourth-order valence-electron chi connectivity index (χ4n) is 4.16. The largest absolute Gasteiger partial charge is 0.294 e. The Hall–Kier alpha value is -2.45. The summed E-state index contributed by atoms with van der Waals surface area (Å²) >= 11 is 0. The van der Waals surface area contributed by atoms with Crippen LogP contribution in [0.2, 0.25) is 0 Å². The Morgan fingerprint density at radius 2 is 1.96 bits per heavy atom. The van der Waals surface area contributed by atoms with E-state index in [-0.39, 0.29) is 5.56 Å². The van der Waals surface area contributed by atoms with E-state index in [4.69, 9.17) is 5.26 Å². The summed E-state index contributed by atoms with van der Waals surface area (Å²) in [7, 11) is 0. The molecule has 0 bridgehead atoms. The molecule has 1 aliphatic heterocycles. The van der Waals surface area contributed by atoms with Crippen LogP contribution in [-0.4, -0.2) is 27.3 Å². The quantitative estimate of drug-likeness (QED) is 0.852. The summed E-state index contributed by atoms with van der Waals surface area (Å²) in [4.78, 5) is 14.9. The number of benzene rings is 1. The van der Waals surface area contributed by atoms with Crippen LogP contribution in [0.25, 0.3) is 0 Å². The van der Waals surface area contributed by atoms with E-state index in [0.717, 1.165) is 50.0 Å². The van der Waals surface area contributed by atoms with Gasteiger partial charge in [0.1, 0.15) is 0 Å². The van der Waals surface area contributed by atoms with Gasteiger partial charge in [-0.05, 0) is 68.3 Å². The van der Waals surface area contributed by atoms with Crippen LogP contribution in [0.1, 0.15) is 48.1 Å². The molecule has 2 aliphatic rings. The second-order valence-electron chi connectivity index (χ2n) is 7.42. The van der Waals surface area contributed by atoms with Gasteiger partial charge in [-0.15, -0.1) is 0 Å². The van der Waals surface area contributed by atoms with Gasteiger partial charge in [-0.1, -0.05) is 12.1 Å². The molecule has 4 rings (SSSR count). The van der Waals surface area contributed by atoms with Crippen molar-refractivity contribution in [1.29, 1.82) is 5.26 Å². The predicted octanol–water partition coefficient (Wildman–Crippen LogP) is 2.66. The molecule has 1 saturated heterocycles. The molecule has 26 heavy (non-hydrogen) atoms. The number of fused-ring (bicyclic) bond motifs is 1. The highest BCUT2D eigenvalue weighted by Gasteiger charge is 2.26. The van der Waals surface area contributed by atoms with Crippen molar-refractivity contribution in [2.45, 2.75) is 57.7 Å². The zero-order valence-corrected chi connectivity index (χ0v) is 15.0. The molecule has 2 heterocycles. The molecule has 1 atom stereocenters. The predicted molar refractivity (Wildman–Crippen MR) is 99.7 cm³/mol. The van der Waals surface area contributed by atoms with Crippen molar-refractivity contribution in [2.75, 3.05) is 6.54 Å². The molecular weight excluding hydrogens is 324 g/mol.